The van der Waals surface area contributed by atoms with Crippen molar-refractivity contribution in [2.45, 2.75) is 32.5 Å². The van der Waals surface area contributed by atoms with Gasteiger partial charge in [-0.25, -0.2) is 4.39 Å². The summed E-state index contributed by atoms with van der Waals surface area (Å²) in [6.45, 7) is 5.70. The number of likely N-dealkylation sites (N-methyl/N-ethyl adjacent to an activating group) is 1. The summed E-state index contributed by atoms with van der Waals surface area (Å²) in [5, 5.41) is 2.73. The molecule has 9 heteroatoms. The Morgan fingerprint density at radius 1 is 1.17 bits per heavy atom. The van der Waals surface area contributed by atoms with Crippen molar-refractivity contribution >= 4 is 17.5 Å². The average Bonchev–Trinajstić information content (AvgIpc) is 2.85. The predicted molar refractivity (Wildman–Crippen MR) is 136 cm³/mol. The minimum absolute atomic E-state index is 0.0537. The number of halogens is 1. The quantitative estimate of drug-likeness (QED) is 0.654. The number of amides is 2. The van der Waals surface area contributed by atoms with Crippen LogP contribution in [0.15, 0.2) is 42.5 Å². The Kier molecular flexibility index (Phi) is 9.81. The van der Waals surface area contributed by atoms with E-state index in [0.29, 0.717) is 42.2 Å². The van der Waals surface area contributed by atoms with Crippen LogP contribution in [0, 0.1) is 11.7 Å². The number of carbonyl (C=O) groups excluding carboxylic acids is 2. The van der Waals surface area contributed by atoms with Gasteiger partial charge in [-0.3, -0.25) is 14.5 Å². The van der Waals surface area contributed by atoms with Crippen LogP contribution in [0.5, 0.6) is 5.75 Å². The molecule has 36 heavy (non-hydrogen) atoms. The van der Waals surface area contributed by atoms with Crippen molar-refractivity contribution in [2.24, 2.45) is 5.92 Å². The first kappa shape index (κ1) is 27.6. The monoisotopic (exact) mass is 501 g/mol. The Hall–Kier alpha value is -3.01. The Morgan fingerprint density at radius 3 is 2.61 bits per heavy atom. The molecular weight excluding hydrogens is 465 g/mol. The fraction of sp³-hybridized carbons (Fsp3) is 0.481. The maximum absolute atomic E-state index is 14.5. The summed E-state index contributed by atoms with van der Waals surface area (Å²) >= 11 is 0. The van der Waals surface area contributed by atoms with Gasteiger partial charge < -0.3 is 24.4 Å². The number of ether oxygens (including phenoxy) is 3. The van der Waals surface area contributed by atoms with Crippen molar-refractivity contribution in [3.8, 4) is 5.75 Å². The van der Waals surface area contributed by atoms with Crippen molar-refractivity contribution < 1.29 is 28.2 Å². The number of hydrogen-bond donors (Lipinski definition) is 1. The van der Waals surface area contributed by atoms with Gasteiger partial charge in [-0.2, -0.15) is 0 Å². The van der Waals surface area contributed by atoms with Gasteiger partial charge in [0.2, 0.25) is 5.91 Å². The minimum Gasteiger partial charge on any atom is -0.491 e. The minimum atomic E-state index is -0.321. The van der Waals surface area contributed by atoms with Crippen molar-refractivity contribution in [3.63, 3.8) is 0 Å². The molecule has 2 aromatic rings. The summed E-state index contributed by atoms with van der Waals surface area (Å²) in [7, 11) is 4.79. The number of benzene rings is 2. The van der Waals surface area contributed by atoms with Crippen LogP contribution in [0.25, 0.3) is 0 Å². The smallest absolute Gasteiger partial charge is 0.257 e. The molecule has 0 saturated heterocycles. The van der Waals surface area contributed by atoms with Crippen LogP contribution >= 0.6 is 0 Å². The largest absolute Gasteiger partial charge is 0.491 e. The highest BCUT2D eigenvalue weighted by atomic mass is 19.1. The van der Waals surface area contributed by atoms with Crippen LogP contribution in [0.4, 0.5) is 10.1 Å². The highest BCUT2D eigenvalue weighted by Crippen LogP contribution is 2.27. The van der Waals surface area contributed by atoms with Crippen LogP contribution in [0.1, 0.15) is 29.8 Å². The predicted octanol–water partition coefficient (Wildman–Crippen LogP) is 3.42. The maximum Gasteiger partial charge on any atom is 0.257 e. The lowest BCUT2D eigenvalue weighted by atomic mass is 10.0. The summed E-state index contributed by atoms with van der Waals surface area (Å²) in [5.74, 6) is -0.335. The number of carbonyl (C=O) groups is 2. The van der Waals surface area contributed by atoms with E-state index in [1.165, 1.54) is 13.2 Å². The van der Waals surface area contributed by atoms with Gasteiger partial charge in [0.25, 0.3) is 5.91 Å². The van der Waals surface area contributed by atoms with Crippen LogP contribution in [0.3, 0.4) is 0 Å². The first-order valence-corrected chi connectivity index (χ1v) is 12.0. The molecule has 8 nitrogen and oxygen atoms in total. The zero-order chi connectivity index (χ0) is 26.2. The van der Waals surface area contributed by atoms with Gasteiger partial charge in [0.1, 0.15) is 24.8 Å². The molecule has 3 rings (SSSR count). The second-order valence-electron chi connectivity index (χ2n) is 9.31. The van der Waals surface area contributed by atoms with Gasteiger partial charge in [-0.05, 0) is 37.1 Å². The molecule has 0 spiro atoms. The highest BCUT2D eigenvalue weighted by molar-refractivity contribution is 5.99. The lowest BCUT2D eigenvalue weighted by Gasteiger charge is -2.36. The third-order valence-electron chi connectivity index (χ3n) is 6.46. The van der Waals surface area contributed by atoms with Crippen molar-refractivity contribution in [1.29, 1.82) is 0 Å². The van der Waals surface area contributed by atoms with Crippen molar-refractivity contribution in [1.82, 2.24) is 9.80 Å². The van der Waals surface area contributed by atoms with Gasteiger partial charge in [-0.1, -0.05) is 25.1 Å². The Balaban J connectivity index is 1.93. The summed E-state index contributed by atoms with van der Waals surface area (Å²) < 4.78 is 31.2. The molecule has 0 fully saturated rings. The molecular formula is C27H36FN3O5. The van der Waals surface area contributed by atoms with Crippen molar-refractivity contribution in [3.05, 3.63) is 59.4 Å². The normalized spacial score (nSPS) is 21.7. The molecule has 196 valence electrons. The average molecular weight is 502 g/mol. The molecule has 0 saturated carbocycles. The molecule has 0 aliphatic carbocycles. The molecule has 3 atom stereocenters. The van der Waals surface area contributed by atoms with E-state index in [9.17, 15) is 14.0 Å². The second-order valence-corrected chi connectivity index (χ2v) is 9.31. The Bertz CT molecular complexity index is 1050. The number of rotatable bonds is 6. The van der Waals surface area contributed by atoms with E-state index >= 15 is 0 Å². The summed E-state index contributed by atoms with van der Waals surface area (Å²) in [6.07, 6.45) is -0.234. The van der Waals surface area contributed by atoms with Crippen LogP contribution in [-0.2, 0) is 20.8 Å². The van der Waals surface area contributed by atoms with Crippen LogP contribution in [-0.4, -0.2) is 81.3 Å². The van der Waals surface area contributed by atoms with E-state index in [0.717, 1.165) is 0 Å². The second kappa shape index (κ2) is 12.8. The first-order valence-electron chi connectivity index (χ1n) is 12.0. The number of anilines is 1. The third-order valence-corrected chi connectivity index (χ3v) is 6.46. The van der Waals surface area contributed by atoms with Gasteiger partial charge in [-0.15, -0.1) is 0 Å². The topological polar surface area (TPSA) is 80.3 Å². The fourth-order valence-electron chi connectivity index (χ4n) is 4.32. The molecule has 0 unspecified atom stereocenters. The zero-order valence-corrected chi connectivity index (χ0v) is 21.6. The molecule has 0 bridgehead atoms. The SMILES string of the molecule is COCC(=O)Nc1ccc2c(c1)C(=O)N(C)C[C@H](OC)[C@@H](C)CN(Cc1ccccc1F)[C@@H](C)CO2. The molecule has 1 heterocycles. The third kappa shape index (κ3) is 7.02. The number of hydrogen-bond acceptors (Lipinski definition) is 6. The van der Waals surface area contributed by atoms with Gasteiger partial charge in [0, 0.05) is 58.2 Å². The standard InChI is InChI=1S/C27H36FN3O5/c1-18-13-31(14-20-8-6-7-9-23(20)28)19(2)16-36-24-11-10-21(29-26(32)17-34-4)12-22(24)27(33)30(3)15-25(18)35-5/h6-12,18-19,25H,13-17H2,1-5H3,(H,29,32)/t18-,19-,25-/m0/s1. The summed E-state index contributed by atoms with van der Waals surface area (Å²) in [5.41, 5.74) is 1.42. The molecule has 2 aromatic carbocycles. The highest BCUT2D eigenvalue weighted by Gasteiger charge is 2.29. The number of nitrogens with one attached hydrogen (secondary N) is 1. The van der Waals surface area contributed by atoms with Gasteiger partial charge >= 0.3 is 0 Å². The number of nitrogens with zero attached hydrogens (tertiary/aromatic N) is 2. The number of fused-ring (bicyclic) bond motifs is 1. The molecule has 2 amide bonds. The van der Waals surface area contributed by atoms with E-state index in [2.05, 4.69) is 17.1 Å². The Morgan fingerprint density at radius 2 is 1.92 bits per heavy atom. The first-order chi connectivity index (χ1) is 17.2. The summed E-state index contributed by atoms with van der Waals surface area (Å²) in [6, 6.07) is 11.7. The van der Waals surface area contributed by atoms with E-state index < -0.39 is 0 Å². The zero-order valence-electron chi connectivity index (χ0n) is 21.6. The van der Waals surface area contributed by atoms with Crippen LogP contribution in [0.2, 0.25) is 0 Å². The van der Waals surface area contributed by atoms with Gasteiger partial charge in [0.15, 0.2) is 0 Å². The molecule has 0 aromatic heterocycles. The molecule has 0 radical (unpaired) electrons. The fourth-order valence-corrected chi connectivity index (χ4v) is 4.32. The molecule has 1 aliphatic rings. The summed E-state index contributed by atoms with van der Waals surface area (Å²) in [4.78, 5) is 29.2. The van der Waals surface area contributed by atoms with Gasteiger partial charge in [0.05, 0.1) is 11.7 Å². The van der Waals surface area contributed by atoms with E-state index in [4.69, 9.17) is 14.2 Å². The van der Waals surface area contributed by atoms with E-state index in [-0.39, 0.29) is 48.9 Å². The van der Waals surface area contributed by atoms with Crippen molar-refractivity contribution in [2.75, 3.05) is 52.9 Å². The van der Waals surface area contributed by atoms with E-state index in [1.54, 1.807) is 49.4 Å². The van der Waals surface area contributed by atoms with Crippen LogP contribution < -0.4 is 10.1 Å². The lowest BCUT2D eigenvalue weighted by molar-refractivity contribution is -0.119. The number of methoxy groups -OCH3 is 2. The maximum atomic E-state index is 14.5. The molecule has 1 N–H and O–H groups in total. The molecule has 1 aliphatic heterocycles. The Labute approximate surface area is 212 Å². The lowest BCUT2D eigenvalue weighted by Crippen LogP contribution is -2.46. The van der Waals surface area contributed by atoms with E-state index in [1.807, 2.05) is 13.0 Å².